The van der Waals surface area contributed by atoms with Crippen LogP contribution in [-0.4, -0.2) is 44.6 Å². The molecule has 0 amide bonds. The van der Waals surface area contributed by atoms with Crippen molar-refractivity contribution in [3.8, 4) is 0 Å². The highest BCUT2D eigenvalue weighted by Gasteiger charge is 2.12. The molecule has 1 aromatic rings. The smallest absolute Gasteiger partial charge is 0.341 e. The molecule has 1 unspecified atom stereocenters. The molecule has 1 rings (SSSR count). The number of aliphatic hydroxyl groups is 1. The first-order valence-corrected chi connectivity index (χ1v) is 5.70. The number of hydrogen-bond donors (Lipinski definition) is 2. The monoisotopic (exact) mass is 257 g/mol. The van der Waals surface area contributed by atoms with Crippen LogP contribution in [0.1, 0.15) is 22.5 Å². The molecule has 0 aromatic carbocycles. The molecule has 0 aliphatic heterocycles. The van der Waals surface area contributed by atoms with E-state index in [1.165, 1.54) is 13.4 Å². The minimum absolute atomic E-state index is 0.0478. The van der Waals surface area contributed by atoms with Crippen LogP contribution in [0.4, 0.5) is 0 Å². The summed E-state index contributed by atoms with van der Waals surface area (Å²) < 4.78 is 14.8. The third-order valence-corrected chi connectivity index (χ3v) is 2.49. The van der Waals surface area contributed by atoms with Gasteiger partial charge in [0.2, 0.25) is 0 Å². The number of methoxy groups -OCH3 is 2. The van der Waals surface area contributed by atoms with Gasteiger partial charge in [0.15, 0.2) is 0 Å². The van der Waals surface area contributed by atoms with Gasteiger partial charge in [0.25, 0.3) is 0 Å². The summed E-state index contributed by atoms with van der Waals surface area (Å²) in [5.74, 6) is 0.211. The summed E-state index contributed by atoms with van der Waals surface area (Å²) in [6.07, 6.45) is 1.96. The Labute approximate surface area is 106 Å². The number of carbonyl (C=O) groups excluding carboxylic acids is 1. The maximum Gasteiger partial charge on any atom is 0.341 e. The van der Waals surface area contributed by atoms with Crippen molar-refractivity contribution in [1.29, 1.82) is 0 Å². The van der Waals surface area contributed by atoms with Crippen molar-refractivity contribution < 1.29 is 23.8 Å². The Kier molecular flexibility index (Phi) is 6.42. The van der Waals surface area contributed by atoms with Gasteiger partial charge >= 0.3 is 5.97 Å². The van der Waals surface area contributed by atoms with E-state index in [-0.39, 0.29) is 12.6 Å². The second-order valence-corrected chi connectivity index (χ2v) is 3.84. The molecule has 0 saturated carbocycles. The number of ether oxygens (including phenoxy) is 2. The van der Waals surface area contributed by atoms with Crippen molar-refractivity contribution in [3.05, 3.63) is 23.7 Å². The van der Waals surface area contributed by atoms with Gasteiger partial charge in [0.05, 0.1) is 25.8 Å². The van der Waals surface area contributed by atoms with Crippen LogP contribution in [-0.2, 0) is 16.0 Å². The molecule has 1 heterocycles. The number of nitrogens with one attached hydrogen (secondary N) is 1. The molecule has 102 valence electrons. The Bertz CT molecular complexity index is 357. The Hall–Kier alpha value is -1.37. The minimum atomic E-state index is -0.422. The van der Waals surface area contributed by atoms with Crippen LogP contribution < -0.4 is 5.32 Å². The number of hydrogen-bond acceptors (Lipinski definition) is 6. The summed E-state index contributed by atoms with van der Waals surface area (Å²) in [4.78, 5) is 11.2. The van der Waals surface area contributed by atoms with Gasteiger partial charge < -0.3 is 24.3 Å². The molecule has 2 N–H and O–H groups in total. The van der Waals surface area contributed by atoms with E-state index in [0.29, 0.717) is 30.9 Å². The quantitative estimate of drug-likeness (QED) is 0.662. The van der Waals surface area contributed by atoms with Crippen LogP contribution in [0.5, 0.6) is 0 Å². The van der Waals surface area contributed by atoms with Crippen molar-refractivity contribution in [2.45, 2.75) is 19.0 Å². The molecule has 18 heavy (non-hydrogen) atoms. The molecule has 0 radical (unpaired) electrons. The normalized spacial score (nSPS) is 12.4. The lowest BCUT2D eigenvalue weighted by molar-refractivity contribution is 0.0600. The van der Waals surface area contributed by atoms with E-state index in [4.69, 9.17) is 14.3 Å². The van der Waals surface area contributed by atoms with E-state index in [1.807, 2.05) is 0 Å². The molecule has 0 aliphatic rings. The number of carbonyl (C=O) groups is 1. The van der Waals surface area contributed by atoms with E-state index in [1.54, 1.807) is 13.2 Å². The van der Waals surface area contributed by atoms with Gasteiger partial charge in [0, 0.05) is 19.8 Å². The number of esters is 1. The molecular weight excluding hydrogens is 238 g/mol. The average molecular weight is 257 g/mol. The molecule has 0 spiro atoms. The summed E-state index contributed by atoms with van der Waals surface area (Å²) in [7, 11) is 2.93. The van der Waals surface area contributed by atoms with Crippen molar-refractivity contribution >= 4 is 5.97 Å². The SMILES string of the molecule is COCC(CCO)NCc1cc(C(=O)OC)co1. The fourth-order valence-electron chi connectivity index (χ4n) is 1.54. The molecule has 1 atom stereocenters. The average Bonchev–Trinajstić information content (AvgIpc) is 2.84. The first-order valence-electron chi connectivity index (χ1n) is 5.70. The second kappa shape index (κ2) is 7.86. The highest BCUT2D eigenvalue weighted by atomic mass is 16.5. The van der Waals surface area contributed by atoms with Crippen molar-refractivity contribution in [3.63, 3.8) is 0 Å². The van der Waals surface area contributed by atoms with Crippen LogP contribution in [0.15, 0.2) is 16.7 Å². The van der Waals surface area contributed by atoms with Crippen LogP contribution in [0.25, 0.3) is 0 Å². The lowest BCUT2D eigenvalue weighted by Gasteiger charge is -2.15. The van der Waals surface area contributed by atoms with Crippen molar-refractivity contribution in [2.24, 2.45) is 0 Å². The first-order chi connectivity index (χ1) is 8.71. The fourth-order valence-corrected chi connectivity index (χ4v) is 1.54. The predicted molar refractivity (Wildman–Crippen MR) is 64.3 cm³/mol. The standard InChI is InChI=1S/C12H19NO5/c1-16-8-10(3-4-14)13-6-11-5-9(7-18-11)12(15)17-2/h5,7,10,13-14H,3-4,6,8H2,1-2H3. The van der Waals surface area contributed by atoms with Gasteiger partial charge in [-0.3, -0.25) is 0 Å². The van der Waals surface area contributed by atoms with Crippen molar-refractivity contribution in [2.75, 3.05) is 27.4 Å². The van der Waals surface area contributed by atoms with Gasteiger partial charge in [-0.15, -0.1) is 0 Å². The Morgan fingerprint density at radius 3 is 2.94 bits per heavy atom. The van der Waals surface area contributed by atoms with E-state index in [2.05, 4.69) is 10.1 Å². The number of furan rings is 1. The third kappa shape index (κ3) is 4.48. The summed E-state index contributed by atoms with van der Waals surface area (Å²) in [6, 6.07) is 1.67. The minimum Gasteiger partial charge on any atom is -0.467 e. The topological polar surface area (TPSA) is 80.9 Å². The van der Waals surface area contributed by atoms with E-state index >= 15 is 0 Å². The first kappa shape index (κ1) is 14.7. The summed E-state index contributed by atoms with van der Waals surface area (Å²) in [5, 5.41) is 12.1. The highest BCUT2D eigenvalue weighted by molar-refractivity contribution is 5.88. The van der Waals surface area contributed by atoms with Crippen LogP contribution in [0, 0.1) is 0 Å². The second-order valence-electron chi connectivity index (χ2n) is 3.84. The predicted octanol–water partition coefficient (Wildman–Crippen LogP) is 0.553. The molecule has 1 aromatic heterocycles. The van der Waals surface area contributed by atoms with Gasteiger partial charge in [-0.2, -0.15) is 0 Å². The van der Waals surface area contributed by atoms with Crippen LogP contribution in [0.2, 0.25) is 0 Å². The Morgan fingerprint density at radius 2 is 2.33 bits per heavy atom. The van der Waals surface area contributed by atoms with Gasteiger partial charge in [-0.05, 0) is 12.5 Å². The van der Waals surface area contributed by atoms with E-state index in [0.717, 1.165) is 0 Å². The lowest BCUT2D eigenvalue weighted by Crippen LogP contribution is -2.33. The number of rotatable bonds is 8. The summed E-state index contributed by atoms with van der Waals surface area (Å²) >= 11 is 0. The Balaban J connectivity index is 2.46. The van der Waals surface area contributed by atoms with Crippen molar-refractivity contribution in [1.82, 2.24) is 5.32 Å². The molecule has 0 bridgehead atoms. The van der Waals surface area contributed by atoms with E-state index in [9.17, 15) is 4.79 Å². The molecule has 6 heteroatoms. The van der Waals surface area contributed by atoms with E-state index < -0.39 is 5.97 Å². The highest BCUT2D eigenvalue weighted by Crippen LogP contribution is 2.09. The van der Waals surface area contributed by atoms with Crippen LogP contribution in [0.3, 0.4) is 0 Å². The zero-order valence-corrected chi connectivity index (χ0v) is 10.6. The maximum atomic E-state index is 11.2. The van der Waals surface area contributed by atoms with Gasteiger partial charge in [0.1, 0.15) is 12.0 Å². The largest absolute Gasteiger partial charge is 0.467 e. The lowest BCUT2D eigenvalue weighted by atomic mass is 10.2. The molecule has 6 nitrogen and oxygen atoms in total. The molecular formula is C12H19NO5. The number of aliphatic hydroxyl groups excluding tert-OH is 1. The van der Waals surface area contributed by atoms with Gasteiger partial charge in [-0.25, -0.2) is 4.79 Å². The molecule has 0 fully saturated rings. The fraction of sp³-hybridized carbons (Fsp3) is 0.583. The maximum absolute atomic E-state index is 11.2. The summed E-state index contributed by atoms with van der Waals surface area (Å²) in [5.41, 5.74) is 0.389. The molecule has 0 saturated heterocycles. The zero-order valence-electron chi connectivity index (χ0n) is 10.6. The summed E-state index contributed by atoms with van der Waals surface area (Å²) in [6.45, 7) is 1.06. The Morgan fingerprint density at radius 1 is 1.56 bits per heavy atom. The third-order valence-electron chi connectivity index (χ3n) is 2.49. The van der Waals surface area contributed by atoms with Gasteiger partial charge in [-0.1, -0.05) is 0 Å². The van der Waals surface area contributed by atoms with Crippen LogP contribution >= 0.6 is 0 Å². The zero-order chi connectivity index (χ0) is 13.4. The molecule has 0 aliphatic carbocycles.